The molecule has 2 aromatic rings. The molecule has 1 heterocycles. The van der Waals surface area contributed by atoms with Crippen LogP contribution in [0.1, 0.15) is 13.3 Å². The summed E-state index contributed by atoms with van der Waals surface area (Å²) < 4.78 is 10.9. The molecule has 1 fully saturated rings. The molecule has 3 rings (SSSR count). The molecule has 0 bridgehead atoms. The predicted molar refractivity (Wildman–Crippen MR) is 111 cm³/mol. The zero-order chi connectivity index (χ0) is 20.5. The largest absolute Gasteiger partial charge is 0.455 e. The average molecular weight is 397 g/mol. The Labute approximate surface area is 171 Å². The molecule has 1 N–H and O–H groups in total. The summed E-state index contributed by atoms with van der Waals surface area (Å²) in [5, 5.41) is 3.29. The lowest BCUT2D eigenvalue weighted by Gasteiger charge is -2.34. The van der Waals surface area contributed by atoms with Gasteiger partial charge in [0.25, 0.3) is 0 Å². The fourth-order valence-electron chi connectivity index (χ4n) is 3.13. The first-order chi connectivity index (χ1) is 14.2. The molecule has 1 aliphatic rings. The minimum Gasteiger partial charge on any atom is -0.455 e. The van der Waals surface area contributed by atoms with Crippen LogP contribution in [0.4, 0.5) is 10.5 Å². The minimum atomic E-state index is -0.309. The summed E-state index contributed by atoms with van der Waals surface area (Å²) in [5.41, 5.74) is 0.844. The summed E-state index contributed by atoms with van der Waals surface area (Å²) in [4.78, 5) is 27.7. The van der Waals surface area contributed by atoms with E-state index >= 15 is 0 Å². The SMILES string of the molecule is CCOC(=O)N1CCN(C(=O)CCNc2ccccc2Oc2ccccc2)CC1. The average Bonchev–Trinajstić information content (AvgIpc) is 2.76. The van der Waals surface area contributed by atoms with Crippen molar-refractivity contribution in [2.24, 2.45) is 0 Å². The van der Waals surface area contributed by atoms with Crippen LogP contribution >= 0.6 is 0 Å². The van der Waals surface area contributed by atoms with E-state index in [0.29, 0.717) is 51.5 Å². The van der Waals surface area contributed by atoms with Crippen LogP contribution in [0.25, 0.3) is 0 Å². The summed E-state index contributed by atoms with van der Waals surface area (Å²) in [6, 6.07) is 17.3. The van der Waals surface area contributed by atoms with Crippen molar-refractivity contribution >= 4 is 17.7 Å². The number of anilines is 1. The topological polar surface area (TPSA) is 71.1 Å². The van der Waals surface area contributed by atoms with Gasteiger partial charge >= 0.3 is 6.09 Å². The van der Waals surface area contributed by atoms with Gasteiger partial charge in [-0.05, 0) is 31.2 Å². The Kier molecular flexibility index (Phi) is 7.33. The van der Waals surface area contributed by atoms with E-state index in [9.17, 15) is 9.59 Å². The summed E-state index contributed by atoms with van der Waals surface area (Å²) in [5.74, 6) is 1.55. The molecule has 1 saturated heterocycles. The number of amides is 2. The Morgan fingerprint density at radius 2 is 1.59 bits per heavy atom. The number of carbonyl (C=O) groups excluding carboxylic acids is 2. The van der Waals surface area contributed by atoms with Crippen molar-refractivity contribution in [1.82, 2.24) is 9.80 Å². The van der Waals surface area contributed by atoms with Gasteiger partial charge in [0.15, 0.2) is 5.75 Å². The molecule has 0 aromatic heterocycles. The molecule has 2 amide bonds. The van der Waals surface area contributed by atoms with Gasteiger partial charge in [-0.1, -0.05) is 30.3 Å². The molecule has 0 radical (unpaired) electrons. The molecule has 0 aliphatic carbocycles. The van der Waals surface area contributed by atoms with Crippen molar-refractivity contribution in [1.29, 1.82) is 0 Å². The lowest BCUT2D eigenvalue weighted by atomic mass is 10.2. The molecule has 2 aromatic carbocycles. The molecular weight excluding hydrogens is 370 g/mol. The fraction of sp³-hybridized carbons (Fsp3) is 0.364. The molecular formula is C22H27N3O4. The molecule has 0 spiro atoms. The standard InChI is InChI=1S/C22H27N3O4/c1-2-28-22(27)25-16-14-24(15-17-25)21(26)12-13-23-19-10-6-7-11-20(19)29-18-8-4-3-5-9-18/h3-11,23H,2,12-17H2,1H3. The normalized spacial score (nSPS) is 13.7. The smallest absolute Gasteiger partial charge is 0.409 e. The molecule has 29 heavy (non-hydrogen) atoms. The maximum atomic E-state index is 12.5. The number of nitrogens with zero attached hydrogens (tertiary/aromatic N) is 2. The number of carbonyl (C=O) groups is 2. The lowest BCUT2D eigenvalue weighted by molar-refractivity contribution is -0.132. The fourth-order valence-corrected chi connectivity index (χ4v) is 3.13. The van der Waals surface area contributed by atoms with Gasteiger partial charge in [0, 0.05) is 39.1 Å². The first-order valence-corrected chi connectivity index (χ1v) is 9.92. The van der Waals surface area contributed by atoms with Crippen molar-refractivity contribution in [3.05, 3.63) is 54.6 Å². The Morgan fingerprint density at radius 3 is 2.31 bits per heavy atom. The second-order valence-corrected chi connectivity index (χ2v) is 6.65. The van der Waals surface area contributed by atoms with Crippen molar-refractivity contribution < 1.29 is 19.1 Å². The number of ether oxygens (including phenoxy) is 2. The van der Waals surface area contributed by atoms with Gasteiger partial charge in [-0.25, -0.2) is 4.79 Å². The van der Waals surface area contributed by atoms with Crippen molar-refractivity contribution in [3.63, 3.8) is 0 Å². The highest BCUT2D eigenvalue weighted by Crippen LogP contribution is 2.29. The van der Waals surface area contributed by atoms with E-state index in [1.807, 2.05) is 54.6 Å². The number of rotatable bonds is 7. The second-order valence-electron chi connectivity index (χ2n) is 6.65. The first kappa shape index (κ1) is 20.5. The van der Waals surface area contributed by atoms with E-state index in [0.717, 1.165) is 11.4 Å². The molecule has 7 heteroatoms. The van der Waals surface area contributed by atoms with Gasteiger partial charge in [0.1, 0.15) is 5.75 Å². The Morgan fingerprint density at radius 1 is 0.931 bits per heavy atom. The van der Waals surface area contributed by atoms with E-state index in [2.05, 4.69) is 5.32 Å². The number of benzene rings is 2. The molecule has 0 unspecified atom stereocenters. The predicted octanol–water partition coefficient (Wildman–Crippen LogP) is 3.58. The van der Waals surface area contributed by atoms with Gasteiger partial charge in [0.2, 0.25) is 5.91 Å². The van der Waals surface area contributed by atoms with Gasteiger partial charge in [0.05, 0.1) is 12.3 Å². The molecule has 1 aliphatic heterocycles. The van der Waals surface area contributed by atoms with Crippen LogP contribution in [0.2, 0.25) is 0 Å². The molecule has 0 saturated carbocycles. The van der Waals surface area contributed by atoms with Gasteiger partial charge in [-0.3, -0.25) is 4.79 Å². The Bertz CT molecular complexity index is 805. The van der Waals surface area contributed by atoms with Crippen LogP contribution in [0.15, 0.2) is 54.6 Å². The van der Waals surface area contributed by atoms with Crippen LogP contribution in [0, 0.1) is 0 Å². The van der Waals surface area contributed by atoms with Crippen LogP contribution in [0.3, 0.4) is 0 Å². The summed E-state index contributed by atoms with van der Waals surface area (Å²) in [6.45, 7) is 4.73. The van der Waals surface area contributed by atoms with E-state index in [-0.39, 0.29) is 12.0 Å². The number of hydrogen-bond donors (Lipinski definition) is 1. The summed E-state index contributed by atoms with van der Waals surface area (Å²) >= 11 is 0. The summed E-state index contributed by atoms with van der Waals surface area (Å²) in [7, 11) is 0. The van der Waals surface area contributed by atoms with E-state index in [1.54, 1.807) is 16.7 Å². The number of para-hydroxylation sites is 3. The van der Waals surface area contributed by atoms with Gasteiger partial charge < -0.3 is 24.6 Å². The third-order valence-corrected chi connectivity index (χ3v) is 4.67. The van der Waals surface area contributed by atoms with Gasteiger partial charge in [-0.15, -0.1) is 0 Å². The third kappa shape index (κ3) is 5.88. The van der Waals surface area contributed by atoms with Crippen LogP contribution in [-0.2, 0) is 9.53 Å². The van der Waals surface area contributed by atoms with Crippen LogP contribution < -0.4 is 10.1 Å². The number of nitrogens with one attached hydrogen (secondary N) is 1. The van der Waals surface area contributed by atoms with E-state index < -0.39 is 0 Å². The number of piperazine rings is 1. The highest BCUT2D eigenvalue weighted by Gasteiger charge is 2.24. The Hall–Kier alpha value is -3.22. The second kappa shape index (κ2) is 10.4. The van der Waals surface area contributed by atoms with Gasteiger partial charge in [-0.2, -0.15) is 0 Å². The monoisotopic (exact) mass is 397 g/mol. The lowest BCUT2D eigenvalue weighted by Crippen LogP contribution is -2.50. The maximum Gasteiger partial charge on any atom is 0.409 e. The zero-order valence-electron chi connectivity index (χ0n) is 16.7. The zero-order valence-corrected chi connectivity index (χ0v) is 16.7. The molecule has 0 atom stereocenters. The highest BCUT2D eigenvalue weighted by molar-refractivity contribution is 5.77. The molecule has 154 valence electrons. The Balaban J connectivity index is 1.46. The maximum absolute atomic E-state index is 12.5. The van der Waals surface area contributed by atoms with E-state index in [4.69, 9.17) is 9.47 Å². The highest BCUT2D eigenvalue weighted by atomic mass is 16.6. The number of hydrogen-bond acceptors (Lipinski definition) is 5. The summed E-state index contributed by atoms with van der Waals surface area (Å²) in [6.07, 6.45) is 0.0651. The van der Waals surface area contributed by atoms with Crippen LogP contribution in [0.5, 0.6) is 11.5 Å². The first-order valence-electron chi connectivity index (χ1n) is 9.92. The minimum absolute atomic E-state index is 0.0717. The van der Waals surface area contributed by atoms with Crippen molar-refractivity contribution in [2.45, 2.75) is 13.3 Å². The quantitative estimate of drug-likeness (QED) is 0.773. The molecule has 7 nitrogen and oxygen atoms in total. The third-order valence-electron chi connectivity index (χ3n) is 4.67. The van der Waals surface area contributed by atoms with Crippen molar-refractivity contribution in [2.75, 3.05) is 44.6 Å². The van der Waals surface area contributed by atoms with Crippen molar-refractivity contribution in [3.8, 4) is 11.5 Å². The van der Waals surface area contributed by atoms with E-state index in [1.165, 1.54) is 0 Å². The van der Waals surface area contributed by atoms with Crippen LogP contribution in [-0.4, -0.2) is 61.1 Å².